The van der Waals surface area contributed by atoms with E-state index in [-0.39, 0.29) is 0 Å². The summed E-state index contributed by atoms with van der Waals surface area (Å²) in [5, 5.41) is 14.4. The van der Waals surface area contributed by atoms with Crippen molar-refractivity contribution in [2.45, 2.75) is 46.4 Å². The van der Waals surface area contributed by atoms with E-state index in [2.05, 4.69) is 12.0 Å². The molecule has 1 atom stereocenters. The zero-order valence-corrected chi connectivity index (χ0v) is 12.3. The Balaban J connectivity index is 2.14. The van der Waals surface area contributed by atoms with Crippen LogP contribution in [0.25, 0.3) is 0 Å². The lowest BCUT2D eigenvalue weighted by molar-refractivity contribution is 0.166. The summed E-state index contributed by atoms with van der Waals surface area (Å²) in [5.41, 5.74) is 2.88. The van der Waals surface area contributed by atoms with Crippen molar-refractivity contribution in [2.24, 2.45) is 0 Å². The normalized spacial score (nSPS) is 12.4. The molecule has 0 aliphatic heterocycles. The first kappa shape index (κ1) is 14.6. The molecule has 0 unspecified atom stereocenters. The van der Waals surface area contributed by atoms with Crippen molar-refractivity contribution in [1.82, 2.24) is 9.78 Å². The third-order valence-corrected chi connectivity index (χ3v) is 3.33. The number of aliphatic hydroxyl groups excluding tert-OH is 1. The number of nitrogens with zero attached hydrogens (tertiary/aromatic N) is 2. The molecule has 1 N–H and O–H groups in total. The third kappa shape index (κ3) is 3.20. The van der Waals surface area contributed by atoms with Gasteiger partial charge in [-0.1, -0.05) is 25.1 Å². The average Bonchev–Trinajstić information content (AvgIpc) is 2.84. The molecule has 0 amide bonds. The molecule has 4 nitrogen and oxygen atoms in total. The van der Waals surface area contributed by atoms with Crippen LogP contribution >= 0.6 is 0 Å². The van der Waals surface area contributed by atoms with Gasteiger partial charge in [-0.15, -0.1) is 0 Å². The quantitative estimate of drug-likeness (QED) is 0.879. The predicted molar refractivity (Wildman–Crippen MR) is 78.7 cm³/mol. The van der Waals surface area contributed by atoms with Crippen LogP contribution in [-0.2, 0) is 13.2 Å². The molecular weight excluding hydrogens is 252 g/mol. The summed E-state index contributed by atoms with van der Waals surface area (Å²) in [4.78, 5) is 0. The van der Waals surface area contributed by atoms with Crippen LogP contribution in [0.5, 0.6) is 5.75 Å². The van der Waals surface area contributed by atoms with Crippen LogP contribution in [0.1, 0.15) is 43.3 Å². The van der Waals surface area contributed by atoms with Crippen LogP contribution in [0.4, 0.5) is 0 Å². The van der Waals surface area contributed by atoms with E-state index in [0.29, 0.717) is 13.0 Å². The number of rotatable bonds is 6. The van der Waals surface area contributed by atoms with Crippen LogP contribution in [0, 0.1) is 6.92 Å². The molecule has 20 heavy (non-hydrogen) atoms. The minimum Gasteiger partial charge on any atom is -0.487 e. The van der Waals surface area contributed by atoms with Crippen LogP contribution in [0.15, 0.2) is 30.3 Å². The molecule has 2 aromatic rings. The van der Waals surface area contributed by atoms with E-state index in [1.807, 2.05) is 48.9 Å². The molecule has 0 spiro atoms. The highest BCUT2D eigenvalue weighted by Gasteiger charge is 2.12. The molecule has 0 aliphatic carbocycles. The number of aromatic nitrogens is 2. The Morgan fingerprint density at radius 1 is 1.30 bits per heavy atom. The Bertz CT molecular complexity index is 563. The Morgan fingerprint density at radius 3 is 2.75 bits per heavy atom. The van der Waals surface area contributed by atoms with Gasteiger partial charge in [0, 0.05) is 12.1 Å². The lowest BCUT2D eigenvalue weighted by Gasteiger charge is -2.15. The third-order valence-electron chi connectivity index (χ3n) is 3.33. The van der Waals surface area contributed by atoms with Crippen LogP contribution in [0.3, 0.4) is 0 Å². The number of aryl methyl sites for hydroxylation is 2. The van der Waals surface area contributed by atoms with Gasteiger partial charge in [-0.2, -0.15) is 5.10 Å². The summed E-state index contributed by atoms with van der Waals surface area (Å²) in [6.45, 7) is 7.28. The second kappa shape index (κ2) is 6.57. The average molecular weight is 274 g/mol. The zero-order valence-electron chi connectivity index (χ0n) is 12.3. The van der Waals surface area contributed by atoms with Crippen molar-refractivity contribution in [3.05, 3.63) is 47.3 Å². The summed E-state index contributed by atoms with van der Waals surface area (Å²) >= 11 is 0. The zero-order chi connectivity index (χ0) is 14.5. The monoisotopic (exact) mass is 274 g/mol. The van der Waals surface area contributed by atoms with Gasteiger partial charge in [-0.05, 0) is 32.4 Å². The standard InChI is InChI=1S/C16H22N2O2/c1-4-15(19)14-8-6-7-9-16(14)20-11-13-10-12(3)17-18(13)5-2/h6-10,15,19H,4-5,11H2,1-3H3/t15-/m1/s1. The van der Waals surface area contributed by atoms with Gasteiger partial charge in [-0.25, -0.2) is 0 Å². The van der Waals surface area contributed by atoms with Crippen LogP contribution < -0.4 is 4.74 Å². The van der Waals surface area contributed by atoms with Gasteiger partial charge in [0.25, 0.3) is 0 Å². The molecule has 0 saturated heterocycles. The molecule has 0 radical (unpaired) electrons. The second-order valence-electron chi connectivity index (χ2n) is 4.84. The van der Waals surface area contributed by atoms with Crippen LogP contribution in [0.2, 0.25) is 0 Å². The Kier molecular flexibility index (Phi) is 4.79. The molecule has 4 heteroatoms. The van der Waals surface area contributed by atoms with Crippen molar-refractivity contribution in [1.29, 1.82) is 0 Å². The fraction of sp³-hybridized carbons (Fsp3) is 0.438. The number of para-hydroxylation sites is 1. The van der Waals surface area contributed by atoms with E-state index in [9.17, 15) is 5.11 Å². The van der Waals surface area contributed by atoms with Gasteiger partial charge in [0.15, 0.2) is 0 Å². The highest BCUT2D eigenvalue weighted by molar-refractivity contribution is 5.35. The molecule has 1 heterocycles. The first-order chi connectivity index (χ1) is 9.65. The van der Waals surface area contributed by atoms with Gasteiger partial charge in [-0.3, -0.25) is 4.68 Å². The largest absolute Gasteiger partial charge is 0.487 e. The maximum absolute atomic E-state index is 10.0. The molecule has 1 aromatic carbocycles. The van der Waals surface area contributed by atoms with Crippen molar-refractivity contribution >= 4 is 0 Å². The minimum absolute atomic E-state index is 0.460. The SMILES string of the molecule is CC[C@@H](O)c1ccccc1OCc1cc(C)nn1CC. The van der Waals surface area contributed by atoms with E-state index in [0.717, 1.165) is 29.2 Å². The molecule has 0 saturated carbocycles. The van der Waals surface area contributed by atoms with Crippen molar-refractivity contribution in [3.8, 4) is 5.75 Å². The number of aliphatic hydroxyl groups is 1. The molecule has 0 fully saturated rings. The number of hydrogen-bond donors (Lipinski definition) is 1. The number of ether oxygens (including phenoxy) is 1. The molecule has 0 bridgehead atoms. The fourth-order valence-corrected chi connectivity index (χ4v) is 2.25. The highest BCUT2D eigenvalue weighted by atomic mass is 16.5. The van der Waals surface area contributed by atoms with Gasteiger partial charge in [0.05, 0.1) is 17.5 Å². The number of benzene rings is 1. The first-order valence-electron chi connectivity index (χ1n) is 7.08. The van der Waals surface area contributed by atoms with E-state index < -0.39 is 6.10 Å². The predicted octanol–water partition coefficient (Wildman–Crippen LogP) is 3.23. The topological polar surface area (TPSA) is 47.3 Å². The Labute approximate surface area is 120 Å². The molecule has 1 aromatic heterocycles. The van der Waals surface area contributed by atoms with E-state index >= 15 is 0 Å². The lowest BCUT2D eigenvalue weighted by atomic mass is 10.1. The maximum atomic E-state index is 10.0. The number of hydrogen-bond acceptors (Lipinski definition) is 3. The summed E-state index contributed by atoms with van der Waals surface area (Å²) in [6.07, 6.45) is 0.191. The molecular formula is C16H22N2O2. The van der Waals surface area contributed by atoms with Crippen molar-refractivity contribution in [3.63, 3.8) is 0 Å². The maximum Gasteiger partial charge on any atom is 0.130 e. The van der Waals surface area contributed by atoms with Gasteiger partial charge >= 0.3 is 0 Å². The summed E-state index contributed by atoms with van der Waals surface area (Å²) in [5.74, 6) is 0.739. The fourth-order valence-electron chi connectivity index (χ4n) is 2.25. The van der Waals surface area contributed by atoms with E-state index in [1.165, 1.54) is 0 Å². The van der Waals surface area contributed by atoms with E-state index in [1.54, 1.807) is 0 Å². The van der Waals surface area contributed by atoms with E-state index in [4.69, 9.17) is 4.74 Å². The summed E-state index contributed by atoms with van der Waals surface area (Å²) in [6, 6.07) is 9.67. The Morgan fingerprint density at radius 2 is 2.05 bits per heavy atom. The smallest absolute Gasteiger partial charge is 0.130 e. The second-order valence-corrected chi connectivity index (χ2v) is 4.84. The lowest BCUT2D eigenvalue weighted by Crippen LogP contribution is -2.07. The van der Waals surface area contributed by atoms with Gasteiger partial charge in [0.2, 0.25) is 0 Å². The van der Waals surface area contributed by atoms with Crippen LogP contribution in [-0.4, -0.2) is 14.9 Å². The van der Waals surface area contributed by atoms with Crippen molar-refractivity contribution < 1.29 is 9.84 Å². The highest BCUT2D eigenvalue weighted by Crippen LogP contribution is 2.27. The minimum atomic E-state index is -0.482. The van der Waals surface area contributed by atoms with Gasteiger partial charge < -0.3 is 9.84 Å². The van der Waals surface area contributed by atoms with Crippen molar-refractivity contribution in [2.75, 3.05) is 0 Å². The molecule has 108 valence electrons. The first-order valence-corrected chi connectivity index (χ1v) is 7.08. The Hall–Kier alpha value is -1.81. The summed E-state index contributed by atoms with van der Waals surface area (Å²) in [7, 11) is 0. The summed E-state index contributed by atoms with van der Waals surface area (Å²) < 4.78 is 7.82. The van der Waals surface area contributed by atoms with Gasteiger partial charge in [0.1, 0.15) is 12.4 Å². The molecule has 2 rings (SSSR count). The molecule has 0 aliphatic rings.